The molecule has 2 fully saturated rings. The molecule has 7 atom stereocenters. The largest absolute Gasteiger partial charge is 0.505 e. The third-order valence-corrected chi connectivity index (χ3v) is 8.86. The zero-order valence-corrected chi connectivity index (χ0v) is 22.7. The first-order chi connectivity index (χ1) is 19.1. The molecule has 1 aromatic rings. The molecule has 2 saturated carbocycles. The van der Waals surface area contributed by atoms with Gasteiger partial charge in [0.1, 0.15) is 11.7 Å². The summed E-state index contributed by atoms with van der Waals surface area (Å²) in [6.45, 7) is 1.18. The van der Waals surface area contributed by atoms with Gasteiger partial charge in [-0.1, -0.05) is 0 Å². The number of aliphatic hydroxyl groups excluding tert-OH is 1. The molecule has 220 valence electrons. The summed E-state index contributed by atoms with van der Waals surface area (Å²) in [5.41, 5.74) is 0.751. The monoisotopic (exact) mass is 573 g/mol. The van der Waals surface area contributed by atoms with Crippen LogP contribution in [0.1, 0.15) is 34.8 Å². The molecule has 1 aromatic carbocycles. The van der Waals surface area contributed by atoms with Crippen LogP contribution in [0.5, 0.6) is 5.75 Å². The molecule has 1 heterocycles. The SMILES string of the molecule is CC(O)CN1CC(=O)Nc2c(O)c3c(c(F)c2C1)CC1CC2C(N(C)C)C(=O)C(C(N)=O)C(=N)C2(O)C(=O)C1C3=O. The lowest BCUT2D eigenvalue weighted by molar-refractivity contribution is -0.157. The highest BCUT2D eigenvalue weighted by molar-refractivity contribution is 6.33. The van der Waals surface area contributed by atoms with Crippen LogP contribution in [-0.2, 0) is 32.1 Å². The van der Waals surface area contributed by atoms with Crippen LogP contribution in [0, 0.1) is 34.9 Å². The third kappa shape index (κ3) is 4.11. The number of ketones is 3. The van der Waals surface area contributed by atoms with Gasteiger partial charge in [0.15, 0.2) is 28.7 Å². The molecule has 7 N–H and O–H groups in total. The number of nitrogens with zero attached hydrogens (tertiary/aromatic N) is 2. The normalized spacial score (nSPS) is 32.5. The van der Waals surface area contributed by atoms with Gasteiger partial charge in [0.2, 0.25) is 11.8 Å². The van der Waals surface area contributed by atoms with Gasteiger partial charge >= 0.3 is 0 Å². The van der Waals surface area contributed by atoms with Crippen LogP contribution in [0.3, 0.4) is 0 Å². The van der Waals surface area contributed by atoms with Crippen LogP contribution >= 0.6 is 0 Å². The van der Waals surface area contributed by atoms with Gasteiger partial charge < -0.3 is 31.8 Å². The van der Waals surface area contributed by atoms with Crippen LogP contribution in [0.15, 0.2) is 0 Å². The van der Waals surface area contributed by atoms with Gasteiger partial charge in [-0.05, 0) is 39.8 Å². The van der Waals surface area contributed by atoms with E-state index in [2.05, 4.69) is 5.32 Å². The van der Waals surface area contributed by atoms with E-state index in [9.17, 15) is 39.3 Å². The van der Waals surface area contributed by atoms with Gasteiger partial charge in [-0.25, -0.2) is 4.39 Å². The molecular formula is C27H32FN5O8. The zero-order chi connectivity index (χ0) is 30.3. The fourth-order valence-electron chi connectivity index (χ4n) is 7.25. The summed E-state index contributed by atoms with van der Waals surface area (Å²) in [7, 11) is 3.02. The van der Waals surface area contributed by atoms with Gasteiger partial charge in [0.25, 0.3) is 0 Å². The number of benzene rings is 1. The average molecular weight is 574 g/mol. The number of phenols is 1. The highest BCUT2D eigenvalue weighted by Gasteiger charge is 2.67. The molecule has 4 aliphatic rings. The van der Waals surface area contributed by atoms with Crippen molar-refractivity contribution in [2.45, 2.75) is 44.1 Å². The number of hydrogen-bond donors (Lipinski definition) is 6. The second-order valence-corrected chi connectivity index (χ2v) is 11.8. The highest BCUT2D eigenvalue weighted by Crippen LogP contribution is 2.52. The van der Waals surface area contributed by atoms with Crippen molar-refractivity contribution >= 4 is 40.6 Å². The molecule has 13 nitrogen and oxygen atoms in total. The Morgan fingerprint density at radius 2 is 1.90 bits per heavy atom. The predicted molar refractivity (Wildman–Crippen MR) is 140 cm³/mol. The lowest BCUT2D eigenvalue weighted by Gasteiger charge is -2.53. The van der Waals surface area contributed by atoms with E-state index >= 15 is 4.39 Å². The zero-order valence-electron chi connectivity index (χ0n) is 22.7. The first kappa shape index (κ1) is 28.9. The molecule has 14 heteroatoms. The number of nitrogens with two attached hydrogens (primary N) is 1. The minimum Gasteiger partial charge on any atom is -0.505 e. The number of amides is 2. The summed E-state index contributed by atoms with van der Waals surface area (Å²) in [5, 5.41) is 43.7. The number of halogens is 1. The number of hydrogen-bond acceptors (Lipinski definition) is 11. The van der Waals surface area contributed by atoms with Crippen molar-refractivity contribution in [1.82, 2.24) is 9.80 Å². The van der Waals surface area contributed by atoms with Crippen LogP contribution in [-0.4, -0.2) is 105 Å². The van der Waals surface area contributed by atoms with Gasteiger partial charge in [-0.3, -0.25) is 33.8 Å². The Kier molecular flexibility index (Phi) is 6.88. The molecule has 41 heavy (non-hydrogen) atoms. The molecule has 1 aliphatic heterocycles. The van der Waals surface area contributed by atoms with E-state index in [4.69, 9.17) is 11.1 Å². The Hall–Kier alpha value is -3.59. The summed E-state index contributed by atoms with van der Waals surface area (Å²) in [4.78, 5) is 68.7. The number of primary amides is 1. The van der Waals surface area contributed by atoms with E-state index in [-0.39, 0.29) is 49.3 Å². The number of carbonyl (C=O) groups is 5. The lowest BCUT2D eigenvalue weighted by atomic mass is 9.52. The Bertz CT molecular complexity index is 1430. The molecular weight excluding hydrogens is 541 g/mol. The first-order valence-electron chi connectivity index (χ1n) is 13.3. The molecule has 0 radical (unpaired) electrons. The number of rotatable bonds is 4. The van der Waals surface area contributed by atoms with E-state index in [0.29, 0.717) is 0 Å². The lowest BCUT2D eigenvalue weighted by Crippen LogP contribution is -2.73. The second-order valence-electron chi connectivity index (χ2n) is 11.8. The summed E-state index contributed by atoms with van der Waals surface area (Å²) in [5.74, 6) is -11.8. The fourth-order valence-corrected chi connectivity index (χ4v) is 7.25. The van der Waals surface area contributed by atoms with Gasteiger partial charge in [0.05, 0.1) is 41.6 Å². The number of phenolic OH excluding ortho intramolecular Hbond substituents is 1. The highest BCUT2D eigenvalue weighted by atomic mass is 19.1. The third-order valence-electron chi connectivity index (χ3n) is 8.86. The Labute approximate surface area is 234 Å². The van der Waals surface area contributed by atoms with Crippen molar-refractivity contribution in [1.29, 1.82) is 5.41 Å². The van der Waals surface area contributed by atoms with Crippen molar-refractivity contribution in [2.24, 2.45) is 29.4 Å². The molecule has 7 unspecified atom stereocenters. The van der Waals surface area contributed by atoms with E-state index in [0.717, 1.165) is 0 Å². The Balaban J connectivity index is 1.63. The van der Waals surface area contributed by atoms with Crippen molar-refractivity contribution in [3.05, 3.63) is 22.5 Å². The number of nitrogens with one attached hydrogen (secondary N) is 2. The molecule has 5 rings (SSSR count). The van der Waals surface area contributed by atoms with Gasteiger partial charge in [0, 0.05) is 30.1 Å². The maximum Gasteiger partial charge on any atom is 0.238 e. The van der Waals surface area contributed by atoms with Crippen molar-refractivity contribution in [3.8, 4) is 5.75 Å². The number of anilines is 1. The number of aliphatic hydroxyl groups is 2. The summed E-state index contributed by atoms with van der Waals surface area (Å²) in [6, 6.07) is -1.19. The molecule has 2 amide bonds. The number of fused-ring (bicyclic) bond motifs is 4. The van der Waals surface area contributed by atoms with Crippen LogP contribution in [0.2, 0.25) is 0 Å². The van der Waals surface area contributed by atoms with E-state index in [1.54, 1.807) is 0 Å². The Morgan fingerprint density at radius 1 is 1.24 bits per heavy atom. The Morgan fingerprint density at radius 3 is 2.49 bits per heavy atom. The number of β-amino-alcohol motifs (C(OH)–C–C–N with tert-alkyl or cyclic N) is 1. The van der Waals surface area contributed by atoms with E-state index in [1.165, 1.54) is 30.8 Å². The number of Topliss-reactive ketones (excluding diaryl/α,β-unsaturated/α-hetero) is 3. The minimum atomic E-state index is -2.67. The van der Waals surface area contributed by atoms with E-state index < -0.39 is 93.4 Å². The minimum absolute atomic E-state index is 0.0424. The van der Waals surface area contributed by atoms with Crippen LogP contribution < -0.4 is 11.1 Å². The van der Waals surface area contributed by atoms with Gasteiger partial charge in [-0.2, -0.15) is 0 Å². The van der Waals surface area contributed by atoms with Crippen LogP contribution in [0.25, 0.3) is 0 Å². The van der Waals surface area contributed by atoms with Crippen molar-refractivity contribution in [2.75, 3.05) is 32.5 Å². The van der Waals surface area contributed by atoms with Crippen LogP contribution in [0.4, 0.5) is 10.1 Å². The summed E-state index contributed by atoms with van der Waals surface area (Å²) in [6.07, 6.45) is -1.17. The summed E-state index contributed by atoms with van der Waals surface area (Å²) >= 11 is 0. The van der Waals surface area contributed by atoms with Gasteiger partial charge in [-0.15, -0.1) is 0 Å². The molecule has 0 spiro atoms. The maximum atomic E-state index is 16.2. The molecule has 0 bridgehead atoms. The molecule has 0 aromatic heterocycles. The average Bonchev–Trinajstić information content (AvgIpc) is 3.02. The maximum absolute atomic E-state index is 16.2. The fraction of sp³-hybridized carbons (Fsp3) is 0.556. The molecule has 0 saturated heterocycles. The smallest absolute Gasteiger partial charge is 0.238 e. The van der Waals surface area contributed by atoms with Crippen molar-refractivity contribution in [3.63, 3.8) is 0 Å². The topological polar surface area (TPSA) is 214 Å². The summed E-state index contributed by atoms with van der Waals surface area (Å²) < 4.78 is 16.2. The number of likely N-dealkylation sites (N-methyl/N-ethyl adjacent to an activating group) is 1. The van der Waals surface area contributed by atoms with E-state index in [1.807, 2.05) is 0 Å². The van der Waals surface area contributed by atoms with Crippen molar-refractivity contribution < 1.29 is 43.7 Å². The number of carbonyl (C=O) groups excluding carboxylic acids is 5. The quantitative estimate of drug-likeness (QED) is 0.183. The predicted octanol–water partition coefficient (Wildman–Crippen LogP) is -1.41. The first-order valence-corrected chi connectivity index (χ1v) is 13.3. The molecule has 3 aliphatic carbocycles. The standard InChI is InChI=1S/C27H32FN5O8/c1-9(34)6-33-7-12-18(28)11-4-10-5-13-20(32(2)3)23(38)17(26(30)40)24(29)27(13,41)25(39)15(10)21(36)16(11)22(37)19(12)31-14(35)8-33/h9-10,13,15,17,20,29,34,37,41H,4-8H2,1-3H3,(H2,30,40)(H,31,35). The second kappa shape index (κ2) is 9.76. The number of aromatic hydroxyl groups is 1.